The van der Waals surface area contributed by atoms with Crippen LogP contribution in [0.25, 0.3) is 0 Å². The van der Waals surface area contributed by atoms with Crippen LogP contribution < -0.4 is 20.1 Å². The highest BCUT2D eigenvalue weighted by molar-refractivity contribution is 6.04. The molecular weight excluding hydrogens is 368 g/mol. The van der Waals surface area contributed by atoms with Gasteiger partial charge in [0.1, 0.15) is 28.8 Å². The van der Waals surface area contributed by atoms with Gasteiger partial charge in [-0.15, -0.1) is 0 Å². The third-order valence-corrected chi connectivity index (χ3v) is 4.36. The van der Waals surface area contributed by atoms with Gasteiger partial charge in [-0.1, -0.05) is 19.1 Å². The second-order valence-electron chi connectivity index (χ2n) is 6.38. The molecular formula is C22H24N4O3. The van der Waals surface area contributed by atoms with E-state index in [9.17, 15) is 4.79 Å². The average Bonchev–Trinajstić information content (AvgIpc) is 2.74. The fraction of sp³-hybridized carbons (Fsp3) is 0.227. The molecule has 0 saturated carbocycles. The van der Waals surface area contributed by atoms with Crippen LogP contribution in [-0.2, 0) is 6.42 Å². The van der Waals surface area contributed by atoms with Crippen molar-refractivity contribution in [1.82, 2.24) is 9.97 Å². The molecule has 0 aliphatic heterocycles. The molecule has 7 nitrogen and oxygen atoms in total. The number of nitrogens with zero attached hydrogens (tertiary/aromatic N) is 2. The van der Waals surface area contributed by atoms with Gasteiger partial charge >= 0.3 is 0 Å². The molecule has 2 aromatic carbocycles. The molecule has 1 amide bonds. The first kappa shape index (κ1) is 20.1. The highest BCUT2D eigenvalue weighted by Gasteiger charge is 2.14. The molecule has 0 fully saturated rings. The number of hydrogen-bond donors (Lipinski definition) is 2. The summed E-state index contributed by atoms with van der Waals surface area (Å²) in [4.78, 5) is 21.4. The number of amides is 1. The van der Waals surface area contributed by atoms with Gasteiger partial charge in [0.2, 0.25) is 0 Å². The fourth-order valence-electron chi connectivity index (χ4n) is 2.81. The quantitative estimate of drug-likeness (QED) is 0.621. The Bertz CT molecular complexity index is 1000. The van der Waals surface area contributed by atoms with E-state index < -0.39 is 0 Å². The summed E-state index contributed by atoms with van der Waals surface area (Å²) in [5.74, 6) is 1.82. The lowest BCUT2D eigenvalue weighted by Gasteiger charge is -2.12. The van der Waals surface area contributed by atoms with Crippen molar-refractivity contribution in [2.75, 3.05) is 24.9 Å². The smallest absolute Gasteiger partial charge is 0.274 e. The normalized spacial score (nSPS) is 10.3. The van der Waals surface area contributed by atoms with E-state index >= 15 is 0 Å². The van der Waals surface area contributed by atoms with Crippen LogP contribution in [0.1, 0.15) is 28.8 Å². The molecule has 0 aliphatic carbocycles. The number of anilines is 3. The van der Waals surface area contributed by atoms with Crippen molar-refractivity contribution in [2.45, 2.75) is 20.3 Å². The maximum atomic E-state index is 12.8. The van der Waals surface area contributed by atoms with Crippen LogP contribution in [0.5, 0.6) is 11.5 Å². The second kappa shape index (κ2) is 9.05. The van der Waals surface area contributed by atoms with Crippen molar-refractivity contribution in [1.29, 1.82) is 0 Å². The average molecular weight is 392 g/mol. The predicted molar refractivity (Wildman–Crippen MR) is 113 cm³/mol. The first-order valence-corrected chi connectivity index (χ1v) is 9.27. The standard InChI is InChI=1S/C22H24N4O3/c1-5-15-6-8-16(9-7-15)25-21-13-19(23-14(2)24-21)22(27)26-18-11-10-17(28-3)12-20(18)29-4/h6-13H,5H2,1-4H3,(H,26,27)(H,23,24,25). The summed E-state index contributed by atoms with van der Waals surface area (Å²) in [6, 6.07) is 14.9. The van der Waals surface area contributed by atoms with Gasteiger partial charge in [0.15, 0.2) is 0 Å². The van der Waals surface area contributed by atoms with Crippen LogP contribution in [0.4, 0.5) is 17.2 Å². The molecule has 1 heterocycles. The lowest BCUT2D eigenvalue weighted by atomic mass is 10.1. The Balaban J connectivity index is 1.80. The summed E-state index contributed by atoms with van der Waals surface area (Å²) in [6.07, 6.45) is 0.978. The SMILES string of the molecule is CCc1ccc(Nc2cc(C(=O)Nc3ccc(OC)cc3OC)nc(C)n2)cc1. The number of carbonyl (C=O) groups is 1. The minimum absolute atomic E-state index is 0.253. The Morgan fingerprint density at radius 3 is 2.41 bits per heavy atom. The van der Waals surface area contributed by atoms with Crippen LogP contribution in [0, 0.1) is 6.92 Å². The van der Waals surface area contributed by atoms with E-state index in [0.717, 1.165) is 12.1 Å². The van der Waals surface area contributed by atoms with E-state index in [1.807, 2.05) is 12.1 Å². The zero-order valence-electron chi connectivity index (χ0n) is 16.9. The highest BCUT2D eigenvalue weighted by Crippen LogP contribution is 2.29. The number of benzene rings is 2. The summed E-state index contributed by atoms with van der Waals surface area (Å²) in [6.45, 7) is 3.86. The van der Waals surface area contributed by atoms with Gasteiger partial charge in [0, 0.05) is 17.8 Å². The van der Waals surface area contributed by atoms with Gasteiger partial charge in [-0.3, -0.25) is 4.79 Å². The summed E-state index contributed by atoms with van der Waals surface area (Å²) in [5, 5.41) is 6.05. The Labute approximate surface area is 170 Å². The van der Waals surface area contributed by atoms with Crippen LogP contribution in [0.3, 0.4) is 0 Å². The third kappa shape index (κ3) is 5.01. The first-order chi connectivity index (χ1) is 14.0. The minimum atomic E-state index is -0.358. The molecule has 1 aromatic heterocycles. The number of nitrogens with one attached hydrogen (secondary N) is 2. The van der Waals surface area contributed by atoms with E-state index in [1.54, 1.807) is 38.3 Å². The van der Waals surface area contributed by atoms with E-state index in [0.29, 0.717) is 28.8 Å². The topological polar surface area (TPSA) is 85.4 Å². The summed E-state index contributed by atoms with van der Waals surface area (Å²) >= 11 is 0. The van der Waals surface area contributed by atoms with Crippen LogP contribution >= 0.6 is 0 Å². The number of hydrogen-bond acceptors (Lipinski definition) is 6. The monoisotopic (exact) mass is 392 g/mol. The Hall–Kier alpha value is -3.61. The van der Waals surface area contributed by atoms with Gasteiger partial charge < -0.3 is 20.1 Å². The molecule has 0 aliphatic rings. The van der Waals surface area contributed by atoms with Gasteiger partial charge in [-0.05, 0) is 43.2 Å². The number of ether oxygens (including phenoxy) is 2. The van der Waals surface area contributed by atoms with Crippen molar-refractivity contribution in [3.05, 3.63) is 65.6 Å². The van der Waals surface area contributed by atoms with Crippen LogP contribution in [0.2, 0.25) is 0 Å². The van der Waals surface area contributed by atoms with Gasteiger partial charge in [0.05, 0.1) is 19.9 Å². The summed E-state index contributed by atoms with van der Waals surface area (Å²) in [7, 11) is 3.10. The molecule has 0 spiro atoms. The molecule has 0 bridgehead atoms. The number of carbonyl (C=O) groups excluding carboxylic acids is 1. The summed E-state index contributed by atoms with van der Waals surface area (Å²) in [5.41, 5.74) is 2.92. The molecule has 0 saturated heterocycles. The van der Waals surface area contributed by atoms with Crippen molar-refractivity contribution < 1.29 is 14.3 Å². The van der Waals surface area contributed by atoms with Crippen molar-refractivity contribution in [2.24, 2.45) is 0 Å². The number of aromatic nitrogens is 2. The number of methoxy groups -OCH3 is 2. The molecule has 3 aromatic rings. The zero-order chi connectivity index (χ0) is 20.8. The van der Waals surface area contributed by atoms with Crippen molar-refractivity contribution in [3.63, 3.8) is 0 Å². The first-order valence-electron chi connectivity index (χ1n) is 9.27. The van der Waals surface area contributed by atoms with Crippen molar-refractivity contribution in [3.8, 4) is 11.5 Å². The minimum Gasteiger partial charge on any atom is -0.497 e. The molecule has 7 heteroatoms. The number of aryl methyl sites for hydroxylation is 2. The molecule has 2 N–H and O–H groups in total. The molecule has 3 rings (SSSR count). The van der Waals surface area contributed by atoms with Gasteiger partial charge in [0.25, 0.3) is 5.91 Å². The largest absolute Gasteiger partial charge is 0.497 e. The van der Waals surface area contributed by atoms with E-state index in [4.69, 9.17) is 9.47 Å². The number of rotatable bonds is 7. The van der Waals surface area contributed by atoms with E-state index in [2.05, 4.69) is 39.7 Å². The predicted octanol–water partition coefficient (Wildman–Crippen LogP) is 4.36. The Morgan fingerprint density at radius 2 is 1.76 bits per heavy atom. The molecule has 29 heavy (non-hydrogen) atoms. The van der Waals surface area contributed by atoms with Crippen LogP contribution in [-0.4, -0.2) is 30.1 Å². The third-order valence-electron chi connectivity index (χ3n) is 4.36. The lowest BCUT2D eigenvalue weighted by molar-refractivity contribution is 0.102. The van der Waals surface area contributed by atoms with E-state index in [-0.39, 0.29) is 11.6 Å². The molecule has 0 radical (unpaired) electrons. The maximum Gasteiger partial charge on any atom is 0.274 e. The van der Waals surface area contributed by atoms with E-state index in [1.165, 1.54) is 12.7 Å². The van der Waals surface area contributed by atoms with Crippen LogP contribution in [0.15, 0.2) is 48.5 Å². The maximum absolute atomic E-state index is 12.8. The zero-order valence-corrected chi connectivity index (χ0v) is 16.9. The molecule has 150 valence electrons. The van der Waals surface area contributed by atoms with Gasteiger partial charge in [-0.2, -0.15) is 0 Å². The molecule has 0 unspecified atom stereocenters. The second-order valence-corrected chi connectivity index (χ2v) is 6.38. The Kier molecular flexibility index (Phi) is 6.29. The van der Waals surface area contributed by atoms with Crippen molar-refractivity contribution >= 4 is 23.1 Å². The summed E-state index contributed by atoms with van der Waals surface area (Å²) < 4.78 is 10.5. The Morgan fingerprint density at radius 1 is 1.00 bits per heavy atom. The highest BCUT2D eigenvalue weighted by atomic mass is 16.5. The van der Waals surface area contributed by atoms with Gasteiger partial charge in [-0.25, -0.2) is 9.97 Å². The lowest BCUT2D eigenvalue weighted by Crippen LogP contribution is -2.16. The fourth-order valence-corrected chi connectivity index (χ4v) is 2.81. The molecule has 0 atom stereocenters.